The second-order valence-electron chi connectivity index (χ2n) is 7.26. The number of carbonyl (C=O) groups excluding carboxylic acids is 1. The van der Waals surface area contributed by atoms with Crippen LogP contribution < -0.4 is 5.32 Å². The van der Waals surface area contributed by atoms with E-state index in [1.807, 2.05) is 25.1 Å². The average molecular weight is 455 g/mol. The molecule has 0 radical (unpaired) electrons. The highest BCUT2D eigenvalue weighted by molar-refractivity contribution is 8.00. The molecule has 5 nitrogen and oxygen atoms in total. The Hall–Kier alpha value is -2.25. The third-order valence-corrected chi connectivity index (χ3v) is 7.42. The van der Waals surface area contributed by atoms with Crippen LogP contribution in [0.4, 0.5) is 5.69 Å². The Morgan fingerprint density at radius 2 is 1.81 bits per heavy atom. The van der Waals surface area contributed by atoms with Gasteiger partial charge in [-0.1, -0.05) is 61.5 Å². The first kappa shape index (κ1) is 23.4. The van der Waals surface area contributed by atoms with Crippen LogP contribution in [0.3, 0.4) is 0 Å². The first-order chi connectivity index (χ1) is 15.0. The highest BCUT2D eigenvalue weighted by Crippen LogP contribution is 2.29. The summed E-state index contributed by atoms with van der Waals surface area (Å²) in [5.74, 6) is 1.69. The van der Waals surface area contributed by atoms with Crippen molar-refractivity contribution < 1.29 is 4.79 Å². The van der Waals surface area contributed by atoms with Gasteiger partial charge in [-0.2, -0.15) is 0 Å². The van der Waals surface area contributed by atoms with Gasteiger partial charge >= 0.3 is 0 Å². The van der Waals surface area contributed by atoms with Gasteiger partial charge in [-0.25, -0.2) is 0 Å². The molecule has 0 spiro atoms. The van der Waals surface area contributed by atoms with Crippen LogP contribution in [-0.4, -0.2) is 25.9 Å². The summed E-state index contributed by atoms with van der Waals surface area (Å²) in [5.41, 5.74) is 3.29. The molecule has 1 amide bonds. The van der Waals surface area contributed by atoms with Crippen molar-refractivity contribution in [2.45, 2.75) is 68.1 Å². The predicted molar refractivity (Wildman–Crippen MR) is 131 cm³/mol. The molecule has 0 aliphatic rings. The fourth-order valence-corrected chi connectivity index (χ4v) is 5.10. The van der Waals surface area contributed by atoms with E-state index in [-0.39, 0.29) is 11.2 Å². The first-order valence-corrected chi connectivity index (χ1v) is 12.6. The Balaban J connectivity index is 1.68. The van der Waals surface area contributed by atoms with E-state index in [9.17, 15) is 4.79 Å². The van der Waals surface area contributed by atoms with Gasteiger partial charge in [0.05, 0.1) is 11.0 Å². The highest BCUT2D eigenvalue weighted by Gasteiger charge is 2.23. The number of anilines is 1. The number of thioether (sulfide) groups is 2. The van der Waals surface area contributed by atoms with E-state index < -0.39 is 0 Å². The van der Waals surface area contributed by atoms with Crippen LogP contribution in [-0.2, 0) is 23.5 Å². The SMILES string of the molecule is CCc1ccccc1NC(=O)C(CC)Sc1nnc(CSc2ccc(C)cc2)n1CC. The molecule has 1 heterocycles. The van der Waals surface area contributed by atoms with Crippen molar-refractivity contribution in [1.29, 1.82) is 0 Å². The Morgan fingerprint density at radius 3 is 2.48 bits per heavy atom. The number of aryl methyl sites for hydroxylation is 2. The molecule has 0 aliphatic heterocycles. The molecule has 164 valence electrons. The van der Waals surface area contributed by atoms with Crippen LogP contribution in [0.5, 0.6) is 0 Å². The minimum atomic E-state index is -0.225. The molecule has 1 unspecified atom stereocenters. The second kappa shape index (κ2) is 11.4. The lowest BCUT2D eigenvalue weighted by Gasteiger charge is -2.16. The number of nitrogens with one attached hydrogen (secondary N) is 1. The summed E-state index contributed by atoms with van der Waals surface area (Å²) in [7, 11) is 0. The van der Waals surface area contributed by atoms with E-state index in [4.69, 9.17) is 0 Å². The van der Waals surface area contributed by atoms with Gasteiger partial charge < -0.3 is 9.88 Å². The van der Waals surface area contributed by atoms with Crippen molar-refractivity contribution in [2.24, 2.45) is 0 Å². The third-order valence-electron chi connectivity index (χ3n) is 5.07. The van der Waals surface area contributed by atoms with E-state index in [1.165, 1.54) is 22.2 Å². The van der Waals surface area contributed by atoms with Crippen molar-refractivity contribution in [1.82, 2.24) is 14.8 Å². The van der Waals surface area contributed by atoms with Gasteiger partial charge in [0.15, 0.2) is 5.16 Å². The summed E-state index contributed by atoms with van der Waals surface area (Å²) in [6.45, 7) is 9.08. The molecule has 0 bridgehead atoms. The Bertz CT molecular complexity index is 1000. The number of amides is 1. The number of hydrogen-bond donors (Lipinski definition) is 1. The maximum Gasteiger partial charge on any atom is 0.237 e. The fraction of sp³-hybridized carbons (Fsp3) is 0.375. The maximum absolute atomic E-state index is 13.0. The lowest BCUT2D eigenvalue weighted by atomic mass is 10.1. The van der Waals surface area contributed by atoms with Crippen LogP contribution in [0.1, 0.15) is 44.1 Å². The van der Waals surface area contributed by atoms with E-state index in [1.54, 1.807) is 11.8 Å². The van der Waals surface area contributed by atoms with Crippen molar-refractivity contribution >= 4 is 35.1 Å². The standard InChI is InChI=1S/C24H30N4OS2/c1-5-18-10-8-9-11-20(18)25-23(29)21(6-2)31-24-27-26-22(28(24)7-3)16-30-19-14-12-17(4)13-15-19/h8-15,21H,5-7,16H2,1-4H3,(H,25,29). The number of hydrogen-bond acceptors (Lipinski definition) is 5. The van der Waals surface area contributed by atoms with Gasteiger partial charge in [0.1, 0.15) is 5.82 Å². The zero-order valence-corrected chi connectivity index (χ0v) is 20.2. The molecule has 1 atom stereocenters. The minimum Gasteiger partial charge on any atom is -0.325 e. The molecule has 3 rings (SSSR count). The summed E-state index contributed by atoms with van der Waals surface area (Å²) in [6, 6.07) is 16.5. The van der Waals surface area contributed by atoms with Gasteiger partial charge in [0.25, 0.3) is 0 Å². The normalized spacial score (nSPS) is 12.0. The van der Waals surface area contributed by atoms with Crippen LogP contribution in [0.25, 0.3) is 0 Å². The van der Waals surface area contributed by atoms with Gasteiger partial charge in [-0.15, -0.1) is 22.0 Å². The molecule has 0 saturated heterocycles. The number of nitrogens with zero attached hydrogens (tertiary/aromatic N) is 3. The van der Waals surface area contributed by atoms with Crippen LogP contribution in [0.15, 0.2) is 58.6 Å². The molecular formula is C24H30N4OS2. The smallest absolute Gasteiger partial charge is 0.237 e. The molecular weight excluding hydrogens is 424 g/mol. The van der Waals surface area contributed by atoms with Gasteiger partial charge in [0, 0.05) is 17.1 Å². The third kappa shape index (κ3) is 6.14. The van der Waals surface area contributed by atoms with Gasteiger partial charge in [-0.05, 0) is 50.5 Å². The van der Waals surface area contributed by atoms with E-state index >= 15 is 0 Å². The largest absolute Gasteiger partial charge is 0.325 e. The summed E-state index contributed by atoms with van der Waals surface area (Å²) in [4.78, 5) is 14.2. The minimum absolute atomic E-state index is 0.00892. The average Bonchev–Trinajstić information content (AvgIpc) is 3.18. The molecule has 0 fully saturated rings. The second-order valence-corrected chi connectivity index (χ2v) is 9.48. The molecule has 7 heteroatoms. The molecule has 1 aromatic heterocycles. The lowest BCUT2D eigenvalue weighted by Crippen LogP contribution is -2.25. The molecule has 3 aromatic rings. The molecule has 0 aliphatic carbocycles. The van der Waals surface area contributed by atoms with Gasteiger partial charge in [-0.3, -0.25) is 4.79 Å². The Kier molecular flexibility index (Phi) is 8.60. The fourth-order valence-electron chi connectivity index (χ4n) is 3.23. The predicted octanol–water partition coefficient (Wildman–Crippen LogP) is 5.97. The number of aromatic nitrogens is 3. The van der Waals surface area contributed by atoms with Gasteiger partial charge in [0.2, 0.25) is 5.91 Å². The Morgan fingerprint density at radius 1 is 1.06 bits per heavy atom. The summed E-state index contributed by atoms with van der Waals surface area (Å²) in [5, 5.41) is 12.5. The quantitative estimate of drug-likeness (QED) is 0.382. The van der Waals surface area contributed by atoms with Crippen LogP contribution >= 0.6 is 23.5 Å². The van der Waals surface area contributed by atoms with Crippen molar-refractivity contribution in [3.63, 3.8) is 0 Å². The molecule has 0 saturated carbocycles. The van der Waals surface area contributed by atoms with Crippen molar-refractivity contribution in [2.75, 3.05) is 5.32 Å². The van der Waals surface area contributed by atoms with Crippen LogP contribution in [0.2, 0.25) is 0 Å². The maximum atomic E-state index is 13.0. The topological polar surface area (TPSA) is 59.8 Å². The number of para-hydroxylation sites is 1. The van der Waals surface area contributed by atoms with Crippen molar-refractivity contribution in [3.05, 3.63) is 65.5 Å². The van der Waals surface area contributed by atoms with E-state index in [2.05, 4.69) is 71.2 Å². The zero-order valence-electron chi connectivity index (χ0n) is 18.6. The number of carbonyl (C=O) groups is 1. The highest BCUT2D eigenvalue weighted by atomic mass is 32.2. The molecule has 1 N–H and O–H groups in total. The molecule has 2 aromatic carbocycles. The zero-order chi connectivity index (χ0) is 22.2. The summed E-state index contributed by atoms with van der Waals surface area (Å²) < 4.78 is 2.11. The summed E-state index contributed by atoms with van der Waals surface area (Å²) >= 11 is 3.24. The van der Waals surface area contributed by atoms with Crippen LogP contribution in [0, 0.1) is 6.92 Å². The van der Waals surface area contributed by atoms with E-state index in [0.29, 0.717) is 0 Å². The number of rotatable bonds is 10. The molecule has 31 heavy (non-hydrogen) atoms. The van der Waals surface area contributed by atoms with E-state index in [0.717, 1.165) is 47.4 Å². The Labute approximate surface area is 193 Å². The number of benzene rings is 2. The first-order valence-electron chi connectivity index (χ1n) is 10.7. The van der Waals surface area contributed by atoms with Crippen molar-refractivity contribution in [3.8, 4) is 0 Å². The lowest BCUT2D eigenvalue weighted by molar-refractivity contribution is -0.115. The summed E-state index contributed by atoms with van der Waals surface area (Å²) in [6.07, 6.45) is 1.60. The monoisotopic (exact) mass is 454 g/mol.